The third kappa shape index (κ3) is 4.54. The lowest BCUT2D eigenvalue weighted by atomic mass is 10.1. The lowest BCUT2D eigenvalue weighted by Crippen LogP contribution is -2.42. The van der Waals surface area contributed by atoms with Crippen molar-refractivity contribution >= 4 is 16.0 Å². The number of carbonyl (C=O) groups is 1. The first-order valence-corrected chi connectivity index (χ1v) is 8.36. The first kappa shape index (κ1) is 17.0. The van der Waals surface area contributed by atoms with Crippen molar-refractivity contribution in [2.45, 2.75) is 24.3 Å². The van der Waals surface area contributed by atoms with Crippen LogP contribution in [0.4, 0.5) is 0 Å². The van der Waals surface area contributed by atoms with Gasteiger partial charge in [-0.1, -0.05) is 24.3 Å². The Morgan fingerprint density at radius 3 is 2.39 bits per heavy atom. The molecule has 0 spiro atoms. The maximum Gasteiger partial charge on any atom is 0.322 e. The van der Waals surface area contributed by atoms with Crippen LogP contribution >= 0.6 is 0 Å². The van der Waals surface area contributed by atoms with Crippen LogP contribution in [0.15, 0.2) is 53.4 Å². The molecule has 1 unspecified atom stereocenters. The molecule has 0 aliphatic heterocycles. The minimum absolute atomic E-state index is 0.0226. The number of aromatic hydroxyl groups is 1. The standard InChI is InChI=1S/C16H17NO5S/c1-11-3-2-4-14(9-11)23(21,22)17-15(16(19)20)10-12-5-7-13(18)8-6-12/h2-9,15,17-18H,10H2,1H3,(H,19,20). The molecule has 2 aromatic carbocycles. The van der Waals surface area contributed by atoms with Crippen molar-refractivity contribution in [1.29, 1.82) is 0 Å². The minimum atomic E-state index is -3.94. The van der Waals surface area contributed by atoms with Gasteiger partial charge in [0.1, 0.15) is 11.8 Å². The fourth-order valence-electron chi connectivity index (χ4n) is 2.08. The molecule has 0 radical (unpaired) electrons. The number of benzene rings is 2. The van der Waals surface area contributed by atoms with Gasteiger partial charge in [-0.15, -0.1) is 0 Å². The van der Waals surface area contributed by atoms with E-state index in [4.69, 9.17) is 0 Å². The van der Waals surface area contributed by atoms with Crippen molar-refractivity contribution in [3.05, 3.63) is 59.7 Å². The number of sulfonamides is 1. The van der Waals surface area contributed by atoms with Gasteiger partial charge in [0, 0.05) is 0 Å². The van der Waals surface area contributed by atoms with Crippen LogP contribution in [0.25, 0.3) is 0 Å². The second-order valence-electron chi connectivity index (χ2n) is 5.20. The molecule has 122 valence electrons. The SMILES string of the molecule is Cc1cccc(S(=O)(=O)NC(Cc2ccc(O)cc2)C(=O)O)c1. The van der Waals surface area contributed by atoms with Crippen molar-refractivity contribution in [3.63, 3.8) is 0 Å². The summed E-state index contributed by atoms with van der Waals surface area (Å²) in [6.45, 7) is 1.75. The lowest BCUT2D eigenvalue weighted by Gasteiger charge is -2.15. The number of phenolic OH excluding ortho intramolecular Hbond substituents is 1. The Morgan fingerprint density at radius 1 is 1.17 bits per heavy atom. The Hall–Kier alpha value is -2.38. The Labute approximate surface area is 134 Å². The van der Waals surface area contributed by atoms with Crippen LogP contribution in [0, 0.1) is 6.92 Å². The van der Waals surface area contributed by atoms with E-state index in [1.54, 1.807) is 31.2 Å². The number of hydrogen-bond donors (Lipinski definition) is 3. The van der Waals surface area contributed by atoms with E-state index in [0.29, 0.717) is 5.56 Å². The zero-order chi connectivity index (χ0) is 17.0. The molecule has 23 heavy (non-hydrogen) atoms. The highest BCUT2D eigenvalue weighted by molar-refractivity contribution is 7.89. The molecule has 0 aliphatic rings. The summed E-state index contributed by atoms with van der Waals surface area (Å²) in [5.74, 6) is -1.21. The molecule has 7 heteroatoms. The lowest BCUT2D eigenvalue weighted by molar-refractivity contribution is -0.138. The Morgan fingerprint density at radius 2 is 1.83 bits per heavy atom. The van der Waals surface area contributed by atoms with Crippen LogP contribution in [0.2, 0.25) is 0 Å². The van der Waals surface area contributed by atoms with Crippen LogP contribution < -0.4 is 4.72 Å². The molecule has 6 nitrogen and oxygen atoms in total. The summed E-state index contributed by atoms with van der Waals surface area (Å²) in [7, 11) is -3.94. The molecule has 1 atom stereocenters. The zero-order valence-corrected chi connectivity index (χ0v) is 13.2. The third-order valence-electron chi connectivity index (χ3n) is 3.27. The molecule has 0 saturated heterocycles. The maximum atomic E-state index is 12.3. The highest BCUT2D eigenvalue weighted by Crippen LogP contribution is 2.14. The summed E-state index contributed by atoms with van der Waals surface area (Å²) < 4.78 is 26.9. The highest BCUT2D eigenvalue weighted by Gasteiger charge is 2.25. The van der Waals surface area contributed by atoms with Crippen molar-refractivity contribution in [2.24, 2.45) is 0 Å². The quantitative estimate of drug-likeness (QED) is 0.745. The van der Waals surface area contributed by atoms with Crippen LogP contribution in [0.1, 0.15) is 11.1 Å². The van der Waals surface area contributed by atoms with E-state index >= 15 is 0 Å². The van der Waals surface area contributed by atoms with E-state index in [9.17, 15) is 23.4 Å². The third-order valence-corrected chi connectivity index (χ3v) is 4.74. The van der Waals surface area contributed by atoms with E-state index < -0.39 is 22.0 Å². The van der Waals surface area contributed by atoms with Gasteiger partial charge < -0.3 is 10.2 Å². The van der Waals surface area contributed by atoms with Gasteiger partial charge in [-0.3, -0.25) is 4.79 Å². The molecule has 0 saturated carbocycles. The highest BCUT2D eigenvalue weighted by atomic mass is 32.2. The van der Waals surface area contributed by atoms with Gasteiger partial charge in [0.05, 0.1) is 4.90 Å². The molecule has 0 aromatic heterocycles. The number of hydrogen-bond acceptors (Lipinski definition) is 4. The average Bonchev–Trinajstić information content (AvgIpc) is 2.48. The summed E-state index contributed by atoms with van der Waals surface area (Å²) in [6.07, 6.45) is -0.0271. The van der Waals surface area contributed by atoms with Gasteiger partial charge >= 0.3 is 5.97 Å². The second-order valence-corrected chi connectivity index (χ2v) is 6.91. The van der Waals surface area contributed by atoms with Gasteiger partial charge in [-0.2, -0.15) is 4.72 Å². The van der Waals surface area contributed by atoms with Crippen LogP contribution in [0.5, 0.6) is 5.75 Å². The first-order chi connectivity index (χ1) is 10.8. The van der Waals surface area contributed by atoms with Crippen molar-refractivity contribution in [1.82, 2.24) is 4.72 Å². The van der Waals surface area contributed by atoms with E-state index in [1.807, 2.05) is 0 Å². The van der Waals surface area contributed by atoms with Crippen molar-refractivity contribution in [2.75, 3.05) is 0 Å². The van der Waals surface area contributed by atoms with Gasteiger partial charge in [0.15, 0.2) is 0 Å². The zero-order valence-electron chi connectivity index (χ0n) is 12.4. The predicted molar refractivity (Wildman–Crippen MR) is 84.7 cm³/mol. The van der Waals surface area contributed by atoms with Gasteiger partial charge in [0.2, 0.25) is 10.0 Å². The molecular weight excluding hydrogens is 318 g/mol. The Balaban J connectivity index is 2.22. The van der Waals surface area contributed by atoms with Crippen molar-refractivity contribution < 1.29 is 23.4 Å². The summed E-state index contributed by atoms with van der Waals surface area (Å²) in [4.78, 5) is 11.4. The number of carboxylic acids is 1. The fraction of sp³-hybridized carbons (Fsp3) is 0.188. The average molecular weight is 335 g/mol. The number of aryl methyl sites for hydroxylation is 1. The van der Waals surface area contributed by atoms with Gasteiger partial charge in [-0.25, -0.2) is 8.42 Å². The Bertz CT molecular complexity index is 799. The molecule has 0 aliphatic carbocycles. The second kappa shape index (κ2) is 6.80. The molecule has 2 aromatic rings. The maximum absolute atomic E-state index is 12.3. The summed E-state index contributed by atoms with van der Waals surface area (Å²) in [6, 6.07) is 10.9. The van der Waals surface area contributed by atoms with Crippen LogP contribution in [-0.2, 0) is 21.2 Å². The first-order valence-electron chi connectivity index (χ1n) is 6.87. The van der Waals surface area contributed by atoms with Crippen LogP contribution in [0.3, 0.4) is 0 Å². The van der Waals surface area contributed by atoms with E-state index in [-0.39, 0.29) is 17.1 Å². The fourth-order valence-corrected chi connectivity index (χ4v) is 3.38. The molecular formula is C16H17NO5S. The number of aliphatic carboxylic acids is 1. The Kier molecular flexibility index (Phi) is 5.02. The molecule has 0 fully saturated rings. The summed E-state index contributed by atoms with van der Waals surface area (Å²) in [5.41, 5.74) is 1.36. The number of carboxylic acid groups (broad SMARTS) is 1. The van der Waals surface area contributed by atoms with Gasteiger partial charge in [-0.05, 0) is 48.7 Å². The van der Waals surface area contributed by atoms with Crippen molar-refractivity contribution in [3.8, 4) is 5.75 Å². The predicted octanol–water partition coefficient (Wildman–Crippen LogP) is 1.67. The summed E-state index contributed by atoms with van der Waals surface area (Å²) in [5, 5.41) is 18.5. The normalized spacial score (nSPS) is 12.7. The summed E-state index contributed by atoms with van der Waals surface area (Å²) >= 11 is 0. The molecule has 2 rings (SSSR count). The minimum Gasteiger partial charge on any atom is -0.508 e. The monoisotopic (exact) mass is 335 g/mol. The van der Waals surface area contributed by atoms with E-state index in [2.05, 4.69) is 4.72 Å². The molecule has 0 bridgehead atoms. The molecule has 3 N–H and O–H groups in total. The van der Waals surface area contributed by atoms with Gasteiger partial charge in [0.25, 0.3) is 0 Å². The number of phenols is 1. The van der Waals surface area contributed by atoms with E-state index in [0.717, 1.165) is 5.56 Å². The number of rotatable bonds is 6. The number of nitrogens with one attached hydrogen (secondary N) is 1. The topological polar surface area (TPSA) is 104 Å². The van der Waals surface area contributed by atoms with E-state index in [1.165, 1.54) is 24.3 Å². The largest absolute Gasteiger partial charge is 0.508 e. The molecule has 0 heterocycles. The molecule has 0 amide bonds. The van der Waals surface area contributed by atoms with Crippen LogP contribution in [-0.4, -0.2) is 30.6 Å². The smallest absolute Gasteiger partial charge is 0.322 e.